The van der Waals surface area contributed by atoms with E-state index in [1.54, 1.807) is 17.9 Å². The highest BCUT2D eigenvalue weighted by atomic mass is 16.6. The quantitative estimate of drug-likeness (QED) is 0.505. The number of carbonyl (C=O) groups is 2. The zero-order valence-corrected chi connectivity index (χ0v) is 18.6. The number of carbonyl (C=O) groups excluding carboxylic acids is 2. The summed E-state index contributed by atoms with van der Waals surface area (Å²) in [7, 11) is 0. The van der Waals surface area contributed by atoms with Crippen molar-refractivity contribution in [1.29, 1.82) is 0 Å². The van der Waals surface area contributed by atoms with E-state index in [4.69, 9.17) is 14.2 Å². The molecule has 0 spiro atoms. The number of hydrogen-bond acceptors (Lipinski definition) is 5. The van der Waals surface area contributed by atoms with Crippen LogP contribution in [0.4, 0.5) is 4.79 Å². The van der Waals surface area contributed by atoms with Crippen LogP contribution in [0, 0.1) is 5.92 Å². The number of morpholine rings is 1. The van der Waals surface area contributed by atoms with Crippen LogP contribution in [-0.4, -0.2) is 67.6 Å². The van der Waals surface area contributed by atoms with Gasteiger partial charge in [0.15, 0.2) is 0 Å². The van der Waals surface area contributed by atoms with E-state index < -0.39 is 6.10 Å². The van der Waals surface area contributed by atoms with E-state index in [0.29, 0.717) is 32.2 Å². The number of allylic oxidation sites excluding steroid dienone is 2. The van der Waals surface area contributed by atoms with E-state index in [1.807, 2.05) is 19.9 Å². The smallest absolute Gasteiger partial charge is 0.410 e. The zero-order chi connectivity index (χ0) is 22.1. The first-order valence-electron chi connectivity index (χ1n) is 10.8. The van der Waals surface area contributed by atoms with Crippen molar-refractivity contribution in [1.82, 2.24) is 10.2 Å². The molecule has 2 aliphatic rings. The maximum absolute atomic E-state index is 12.3. The minimum Gasteiger partial charge on any atom is -0.442 e. The van der Waals surface area contributed by atoms with Crippen LogP contribution in [0.5, 0.6) is 0 Å². The lowest BCUT2D eigenvalue weighted by Gasteiger charge is -2.39. The third kappa shape index (κ3) is 7.61. The molecule has 2 fully saturated rings. The van der Waals surface area contributed by atoms with Crippen LogP contribution in [0.25, 0.3) is 0 Å². The van der Waals surface area contributed by atoms with Crippen molar-refractivity contribution in [3.63, 3.8) is 0 Å². The predicted molar refractivity (Wildman–Crippen MR) is 116 cm³/mol. The normalized spacial score (nSPS) is 28.8. The molecule has 2 heterocycles. The van der Waals surface area contributed by atoms with Gasteiger partial charge in [-0.15, -0.1) is 0 Å². The number of nitrogens with one attached hydrogen (secondary N) is 1. The van der Waals surface area contributed by atoms with Crippen LogP contribution in [0.2, 0.25) is 0 Å². The summed E-state index contributed by atoms with van der Waals surface area (Å²) in [6.45, 7) is 13.8. The van der Waals surface area contributed by atoms with E-state index >= 15 is 0 Å². The molecule has 7 nitrogen and oxygen atoms in total. The molecule has 2 saturated heterocycles. The molecule has 0 aromatic carbocycles. The lowest BCUT2D eigenvalue weighted by Crippen LogP contribution is -2.50. The van der Waals surface area contributed by atoms with Crippen molar-refractivity contribution in [2.45, 2.75) is 64.9 Å². The van der Waals surface area contributed by atoms with Crippen LogP contribution in [0.15, 0.2) is 36.5 Å². The van der Waals surface area contributed by atoms with Crippen molar-refractivity contribution in [3.05, 3.63) is 36.5 Å². The second-order valence-corrected chi connectivity index (χ2v) is 8.14. The molecule has 0 saturated carbocycles. The van der Waals surface area contributed by atoms with Crippen molar-refractivity contribution >= 4 is 12.0 Å². The van der Waals surface area contributed by atoms with Gasteiger partial charge in [-0.3, -0.25) is 4.79 Å². The molecule has 2 aliphatic heterocycles. The average molecular weight is 421 g/mol. The lowest BCUT2D eigenvalue weighted by atomic mass is 9.88. The second-order valence-electron chi connectivity index (χ2n) is 8.14. The van der Waals surface area contributed by atoms with Crippen LogP contribution in [0.3, 0.4) is 0 Å². The molecular weight excluding hydrogens is 384 g/mol. The Labute approximate surface area is 180 Å². The summed E-state index contributed by atoms with van der Waals surface area (Å²) in [5, 5.41) is 3.02. The summed E-state index contributed by atoms with van der Waals surface area (Å²) >= 11 is 0. The molecule has 7 heteroatoms. The highest BCUT2D eigenvalue weighted by Gasteiger charge is 2.33. The Kier molecular flexibility index (Phi) is 9.59. The molecule has 2 rings (SSSR count). The third-order valence-electron chi connectivity index (χ3n) is 5.61. The fourth-order valence-electron chi connectivity index (χ4n) is 3.57. The summed E-state index contributed by atoms with van der Waals surface area (Å²) in [5.74, 6) is 0.121. The molecule has 168 valence electrons. The number of ether oxygens (including phenoxy) is 3. The first kappa shape index (κ1) is 24.2. The fourth-order valence-corrected chi connectivity index (χ4v) is 3.57. The van der Waals surface area contributed by atoms with E-state index in [1.165, 1.54) is 6.08 Å². The molecule has 0 aliphatic carbocycles. The molecule has 2 amide bonds. The predicted octanol–water partition coefficient (Wildman–Crippen LogP) is 3.22. The molecule has 0 aromatic rings. The summed E-state index contributed by atoms with van der Waals surface area (Å²) in [4.78, 5) is 26.0. The second kappa shape index (κ2) is 11.9. The third-order valence-corrected chi connectivity index (χ3v) is 5.61. The van der Waals surface area contributed by atoms with Gasteiger partial charge in [0.05, 0.1) is 31.5 Å². The van der Waals surface area contributed by atoms with Crippen molar-refractivity contribution in [2.24, 2.45) is 5.92 Å². The summed E-state index contributed by atoms with van der Waals surface area (Å²) in [6, 6.07) is -0.0518. The largest absolute Gasteiger partial charge is 0.442 e. The SMILES string of the molecule is C=CC(C)=CC[C@@H]1O[C@H](C)[C@H](NC(=O)C=CC(C)OC(=O)N2CCOCC2)C[C@@H]1C. The highest BCUT2D eigenvalue weighted by Crippen LogP contribution is 2.27. The number of rotatable bonds is 7. The Morgan fingerprint density at radius 2 is 2.00 bits per heavy atom. The van der Waals surface area contributed by atoms with E-state index in [-0.39, 0.29) is 30.3 Å². The average Bonchev–Trinajstić information content (AvgIpc) is 2.74. The van der Waals surface area contributed by atoms with Gasteiger partial charge in [-0.25, -0.2) is 4.79 Å². The Balaban J connectivity index is 1.78. The number of nitrogens with zero attached hydrogens (tertiary/aromatic N) is 1. The monoisotopic (exact) mass is 420 g/mol. The topological polar surface area (TPSA) is 77.1 Å². The number of hydrogen-bond donors (Lipinski definition) is 1. The van der Waals surface area contributed by atoms with Crippen LogP contribution >= 0.6 is 0 Å². The standard InChI is InChI=1S/C23H36N2O5/c1-6-16(2)7-9-21-17(3)15-20(19(5)30-21)24-22(26)10-8-18(4)29-23(27)25-11-13-28-14-12-25/h6-8,10,17-21H,1,9,11-15H2,2-5H3,(H,24,26)/t17-,18?,19+,20+,21-/m0/s1. The van der Waals surface area contributed by atoms with Crippen LogP contribution < -0.4 is 5.32 Å². The maximum Gasteiger partial charge on any atom is 0.410 e. The molecule has 1 unspecified atom stereocenters. The van der Waals surface area contributed by atoms with Crippen LogP contribution in [0.1, 0.15) is 40.5 Å². The van der Waals surface area contributed by atoms with E-state index in [2.05, 4.69) is 24.9 Å². The van der Waals surface area contributed by atoms with Gasteiger partial charge in [-0.05, 0) is 45.6 Å². The van der Waals surface area contributed by atoms with Gasteiger partial charge in [0.1, 0.15) is 6.10 Å². The molecular formula is C23H36N2O5. The van der Waals surface area contributed by atoms with Crippen molar-refractivity contribution in [3.8, 4) is 0 Å². The number of amides is 2. The molecule has 0 bridgehead atoms. The first-order valence-corrected chi connectivity index (χ1v) is 10.8. The van der Waals surface area contributed by atoms with Crippen LogP contribution in [-0.2, 0) is 19.0 Å². The minimum atomic E-state index is -0.491. The van der Waals surface area contributed by atoms with Crippen molar-refractivity contribution in [2.75, 3.05) is 26.3 Å². The van der Waals surface area contributed by atoms with Gasteiger partial charge >= 0.3 is 6.09 Å². The minimum absolute atomic E-state index is 0.0518. The molecule has 0 aromatic heterocycles. The fraction of sp³-hybridized carbons (Fsp3) is 0.652. The first-order chi connectivity index (χ1) is 14.3. The van der Waals surface area contributed by atoms with Gasteiger partial charge in [-0.2, -0.15) is 0 Å². The van der Waals surface area contributed by atoms with Gasteiger partial charge in [-0.1, -0.05) is 31.2 Å². The Hall–Kier alpha value is -2.12. The van der Waals surface area contributed by atoms with Gasteiger partial charge in [0.25, 0.3) is 0 Å². The summed E-state index contributed by atoms with van der Waals surface area (Å²) in [6.07, 6.45) is 7.89. The lowest BCUT2D eigenvalue weighted by molar-refractivity contribution is -0.123. The van der Waals surface area contributed by atoms with E-state index in [0.717, 1.165) is 18.4 Å². The van der Waals surface area contributed by atoms with E-state index in [9.17, 15) is 9.59 Å². The Morgan fingerprint density at radius 3 is 2.67 bits per heavy atom. The zero-order valence-electron chi connectivity index (χ0n) is 18.6. The summed E-state index contributed by atoms with van der Waals surface area (Å²) < 4.78 is 16.7. The van der Waals surface area contributed by atoms with Gasteiger partial charge in [0.2, 0.25) is 5.91 Å². The maximum atomic E-state index is 12.3. The van der Waals surface area contributed by atoms with Crippen molar-refractivity contribution < 1.29 is 23.8 Å². The molecule has 0 radical (unpaired) electrons. The van der Waals surface area contributed by atoms with Gasteiger partial charge in [0, 0.05) is 19.2 Å². The summed E-state index contributed by atoms with van der Waals surface area (Å²) in [5.41, 5.74) is 1.14. The Bertz CT molecular complexity index is 654. The molecule has 5 atom stereocenters. The molecule has 1 N–H and O–H groups in total. The highest BCUT2D eigenvalue weighted by molar-refractivity contribution is 5.87. The Morgan fingerprint density at radius 1 is 1.30 bits per heavy atom. The van der Waals surface area contributed by atoms with Gasteiger partial charge < -0.3 is 24.4 Å². The molecule has 30 heavy (non-hydrogen) atoms.